The maximum atomic E-state index is 12.6. The summed E-state index contributed by atoms with van der Waals surface area (Å²) in [5.41, 5.74) is 2.08. The van der Waals surface area contributed by atoms with Crippen molar-refractivity contribution in [2.75, 3.05) is 18.0 Å². The van der Waals surface area contributed by atoms with E-state index in [1.165, 1.54) is 5.56 Å². The molecule has 1 aromatic carbocycles. The van der Waals surface area contributed by atoms with Crippen molar-refractivity contribution in [3.63, 3.8) is 0 Å². The minimum absolute atomic E-state index is 0.00388. The normalized spacial score (nSPS) is 28.0. The van der Waals surface area contributed by atoms with Gasteiger partial charge in [-0.15, -0.1) is 0 Å². The van der Waals surface area contributed by atoms with Crippen molar-refractivity contribution in [1.82, 2.24) is 10.6 Å². The Morgan fingerprint density at radius 3 is 2.70 bits per heavy atom. The van der Waals surface area contributed by atoms with Crippen molar-refractivity contribution in [2.45, 2.75) is 45.2 Å². The fraction of sp³-hybridized carbons (Fsp3) is 0.556. The number of anilines is 1. The van der Waals surface area contributed by atoms with Gasteiger partial charge in [-0.25, -0.2) is 0 Å². The summed E-state index contributed by atoms with van der Waals surface area (Å²) in [5, 5.41) is 6.32. The second-order valence-corrected chi connectivity index (χ2v) is 6.75. The maximum Gasteiger partial charge on any atom is 0.249 e. The lowest BCUT2D eigenvalue weighted by Crippen LogP contribution is -2.47. The van der Waals surface area contributed by atoms with Crippen molar-refractivity contribution in [1.29, 1.82) is 0 Å². The molecule has 2 aliphatic heterocycles. The average Bonchev–Trinajstić information content (AvgIpc) is 2.89. The molecule has 0 aliphatic carbocycles. The van der Waals surface area contributed by atoms with Gasteiger partial charge in [0.05, 0.1) is 0 Å². The SMILES string of the molecule is Cc1ccc(N2CCC(NC(=O)[C@H]3CCN[C@@H](C)C3)C2=O)cc1. The van der Waals surface area contributed by atoms with Crippen LogP contribution in [0.5, 0.6) is 0 Å². The predicted octanol–water partition coefficient (Wildman–Crippen LogP) is 1.60. The first kappa shape index (κ1) is 16.0. The van der Waals surface area contributed by atoms with Crippen LogP contribution >= 0.6 is 0 Å². The van der Waals surface area contributed by atoms with Crippen molar-refractivity contribution >= 4 is 17.5 Å². The van der Waals surface area contributed by atoms with Crippen LogP contribution in [-0.2, 0) is 9.59 Å². The number of rotatable bonds is 3. The molecule has 5 nitrogen and oxygen atoms in total. The van der Waals surface area contributed by atoms with Crippen LogP contribution in [0.1, 0.15) is 31.7 Å². The summed E-state index contributed by atoms with van der Waals surface area (Å²) in [6.07, 6.45) is 2.37. The van der Waals surface area contributed by atoms with Gasteiger partial charge in [-0.3, -0.25) is 9.59 Å². The van der Waals surface area contributed by atoms with E-state index < -0.39 is 0 Å². The van der Waals surface area contributed by atoms with E-state index in [2.05, 4.69) is 17.6 Å². The maximum absolute atomic E-state index is 12.6. The molecule has 2 aliphatic rings. The zero-order valence-electron chi connectivity index (χ0n) is 13.8. The molecule has 2 saturated heterocycles. The van der Waals surface area contributed by atoms with E-state index in [4.69, 9.17) is 0 Å². The van der Waals surface area contributed by atoms with Gasteiger partial charge in [-0.1, -0.05) is 17.7 Å². The highest BCUT2D eigenvalue weighted by Crippen LogP contribution is 2.23. The Bertz CT molecular complexity index is 584. The monoisotopic (exact) mass is 315 g/mol. The average molecular weight is 315 g/mol. The first-order valence-corrected chi connectivity index (χ1v) is 8.46. The second-order valence-electron chi connectivity index (χ2n) is 6.75. The van der Waals surface area contributed by atoms with Crippen molar-refractivity contribution in [3.05, 3.63) is 29.8 Å². The lowest BCUT2D eigenvalue weighted by atomic mass is 9.92. The van der Waals surface area contributed by atoms with Gasteiger partial charge in [0.25, 0.3) is 0 Å². The van der Waals surface area contributed by atoms with Crippen LogP contribution in [0.4, 0.5) is 5.69 Å². The molecule has 0 radical (unpaired) electrons. The van der Waals surface area contributed by atoms with E-state index in [1.807, 2.05) is 31.2 Å². The molecule has 3 rings (SSSR count). The number of benzene rings is 1. The molecule has 1 aromatic rings. The van der Waals surface area contributed by atoms with Crippen molar-refractivity contribution in [3.8, 4) is 0 Å². The number of carbonyl (C=O) groups excluding carboxylic acids is 2. The lowest BCUT2D eigenvalue weighted by Gasteiger charge is -2.28. The van der Waals surface area contributed by atoms with Crippen molar-refractivity contribution < 1.29 is 9.59 Å². The third-order valence-corrected chi connectivity index (χ3v) is 4.86. The van der Waals surface area contributed by atoms with Crippen LogP contribution in [0, 0.1) is 12.8 Å². The number of amides is 2. The minimum atomic E-state index is -0.381. The Morgan fingerprint density at radius 2 is 2.00 bits per heavy atom. The number of piperidine rings is 1. The van der Waals surface area contributed by atoms with Gasteiger partial charge >= 0.3 is 0 Å². The molecule has 124 valence electrons. The number of nitrogens with one attached hydrogen (secondary N) is 2. The fourth-order valence-electron chi connectivity index (χ4n) is 3.45. The first-order chi connectivity index (χ1) is 11.0. The molecule has 5 heteroatoms. The number of hydrogen-bond donors (Lipinski definition) is 2. The summed E-state index contributed by atoms with van der Waals surface area (Å²) in [4.78, 5) is 26.8. The number of carbonyl (C=O) groups is 2. The van der Waals surface area contributed by atoms with E-state index in [-0.39, 0.29) is 23.8 Å². The molecule has 1 unspecified atom stereocenters. The Kier molecular flexibility index (Phi) is 4.66. The minimum Gasteiger partial charge on any atom is -0.344 e. The number of nitrogens with zero attached hydrogens (tertiary/aromatic N) is 1. The smallest absolute Gasteiger partial charge is 0.249 e. The van der Waals surface area contributed by atoms with Crippen LogP contribution in [0.25, 0.3) is 0 Å². The number of hydrogen-bond acceptors (Lipinski definition) is 3. The van der Waals surface area contributed by atoms with Crippen LogP contribution in [0.3, 0.4) is 0 Å². The molecule has 2 N–H and O–H groups in total. The van der Waals surface area contributed by atoms with Gasteiger partial charge in [-0.2, -0.15) is 0 Å². The van der Waals surface area contributed by atoms with Gasteiger partial charge in [-0.05, 0) is 51.8 Å². The Balaban J connectivity index is 1.60. The molecule has 0 saturated carbocycles. The molecule has 23 heavy (non-hydrogen) atoms. The molecule has 0 bridgehead atoms. The Morgan fingerprint density at radius 1 is 1.26 bits per heavy atom. The highest BCUT2D eigenvalue weighted by molar-refractivity contribution is 6.01. The standard InChI is InChI=1S/C18H25N3O2/c1-12-3-5-15(6-4-12)21-10-8-16(18(21)23)20-17(22)14-7-9-19-13(2)11-14/h3-6,13-14,16,19H,7-11H2,1-2H3,(H,20,22)/t13-,14-,16?/m0/s1. The molecular weight excluding hydrogens is 290 g/mol. The molecule has 0 spiro atoms. The molecule has 0 aromatic heterocycles. The summed E-state index contributed by atoms with van der Waals surface area (Å²) >= 11 is 0. The van der Waals surface area contributed by atoms with E-state index >= 15 is 0 Å². The lowest BCUT2D eigenvalue weighted by molar-refractivity contribution is -0.130. The Labute approximate surface area is 137 Å². The number of aryl methyl sites for hydroxylation is 1. The fourth-order valence-corrected chi connectivity index (χ4v) is 3.45. The van der Waals surface area contributed by atoms with Gasteiger partial charge < -0.3 is 15.5 Å². The van der Waals surface area contributed by atoms with E-state index in [1.54, 1.807) is 4.90 Å². The van der Waals surface area contributed by atoms with Crippen LogP contribution in [0.15, 0.2) is 24.3 Å². The van der Waals surface area contributed by atoms with Gasteiger partial charge in [0, 0.05) is 24.2 Å². The predicted molar refractivity (Wildman–Crippen MR) is 90.3 cm³/mol. The topological polar surface area (TPSA) is 61.4 Å². The van der Waals surface area contributed by atoms with Gasteiger partial charge in [0.1, 0.15) is 6.04 Å². The summed E-state index contributed by atoms with van der Waals surface area (Å²) in [6, 6.07) is 7.92. The summed E-state index contributed by atoms with van der Waals surface area (Å²) in [5.74, 6) is 0.0547. The Hall–Kier alpha value is -1.88. The quantitative estimate of drug-likeness (QED) is 0.891. The van der Waals surface area contributed by atoms with E-state index in [0.717, 1.165) is 25.1 Å². The van der Waals surface area contributed by atoms with Crippen LogP contribution < -0.4 is 15.5 Å². The largest absolute Gasteiger partial charge is 0.344 e. The zero-order valence-corrected chi connectivity index (χ0v) is 13.8. The highest BCUT2D eigenvalue weighted by Gasteiger charge is 2.35. The molecule has 2 fully saturated rings. The third kappa shape index (κ3) is 3.55. The van der Waals surface area contributed by atoms with Crippen LogP contribution in [-0.4, -0.2) is 37.0 Å². The van der Waals surface area contributed by atoms with E-state index in [9.17, 15) is 9.59 Å². The van der Waals surface area contributed by atoms with E-state index in [0.29, 0.717) is 19.0 Å². The third-order valence-electron chi connectivity index (χ3n) is 4.86. The van der Waals surface area contributed by atoms with Gasteiger partial charge in [0.15, 0.2) is 0 Å². The molecule has 2 amide bonds. The van der Waals surface area contributed by atoms with Crippen molar-refractivity contribution in [2.24, 2.45) is 5.92 Å². The molecule has 2 heterocycles. The van der Waals surface area contributed by atoms with Crippen LogP contribution in [0.2, 0.25) is 0 Å². The second kappa shape index (κ2) is 6.71. The van der Waals surface area contributed by atoms with Gasteiger partial charge in [0.2, 0.25) is 11.8 Å². The summed E-state index contributed by atoms with van der Waals surface area (Å²) in [6.45, 7) is 5.65. The zero-order chi connectivity index (χ0) is 16.4. The summed E-state index contributed by atoms with van der Waals surface area (Å²) < 4.78 is 0. The molecular formula is C18H25N3O2. The summed E-state index contributed by atoms with van der Waals surface area (Å²) in [7, 11) is 0. The highest BCUT2D eigenvalue weighted by atomic mass is 16.2. The molecule has 3 atom stereocenters. The first-order valence-electron chi connectivity index (χ1n) is 8.46.